The third kappa shape index (κ3) is 6.21. The minimum atomic E-state index is 0. The van der Waals surface area contributed by atoms with Crippen LogP contribution in [0.1, 0.15) is 39.5 Å². The molecule has 2 saturated heterocycles. The van der Waals surface area contributed by atoms with Crippen LogP contribution in [0.4, 0.5) is 0 Å². The molecule has 0 aromatic rings. The van der Waals surface area contributed by atoms with Crippen molar-refractivity contribution in [2.45, 2.75) is 49.8 Å². The zero-order valence-electron chi connectivity index (χ0n) is 15.7. The van der Waals surface area contributed by atoms with Crippen LogP contribution in [0.5, 0.6) is 0 Å². The van der Waals surface area contributed by atoms with E-state index in [-0.39, 0.29) is 34.3 Å². The van der Waals surface area contributed by atoms with Crippen LogP contribution < -0.4 is 10.6 Å². The van der Waals surface area contributed by atoms with Gasteiger partial charge in [-0.3, -0.25) is 9.89 Å². The second-order valence-electron chi connectivity index (χ2n) is 7.27. The highest BCUT2D eigenvalue weighted by Gasteiger charge is 2.39. The Morgan fingerprint density at radius 2 is 1.83 bits per heavy atom. The van der Waals surface area contributed by atoms with E-state index in [0.717, 1.165) is 45.1 Å². The summed E-state index contributed by atoms with van der Waals surface area (Å²) in [5.74, 6) is 0.914. The number of aliphatic imine (C=N–C) groups is 1. The average molecular weight is 470 g/mol. The molecule has 0 saturated carbocycles. The molecule has 0 atom stereocenters. The van der Waals surface area contributed by atoms with Gasteiger partial charge in [-0.25, -0.2) is 0 Å². The van der Waals surface area contributed by atoms with Gasteiger partial charge in [0.1, 0.15) is 0 Å². The molecule has 0 amide bonds. The number of hydrogen-bond donors (Lipinski definition) is 2. The Labute approximate surface area is 169 Å². The van der Waals surface area contributed by atoms with Gasteiger partial charge in [-0.05, 0) is 58.9 Å². The zero-order valence-corrected chi connectivity index (χ0v) is 18.8. The van der Waals surface area contributed by atoms with E-state index in [4.69, 9.17) is 4.74 Å². The van der Waals surface area contributed by atoms with Gasteiger partial charge in [-0.15, -0.1) is 24.0 Å². The second-order valence-corrected chi connectivity index (χ2v) is 8.79. The first-order valence-electron chi connectivity index (χ1n) is 8.84. The molecular formula is C17H35IN4OS. The number of ether oxygens (including phenoxy) is 1. The topological polar surface area (TPSA) is 48.9 Å². The van der Waals surface area contributed by atoms with E-state index in [9.17, 15) is 0 Å². The Hall–Kier alpha value is 0.270. The van der Waals surface area contributed by atoms with Gasteiger partial charge in [0.2, 0.25) is 0 Å². The molecule has 5 nitrogen and oxygen atoms in total. The van der Waals surface area contributed by atoms with Crippen LogP contribution in [0.15, 0.2) is 4.99 Å². The van der Waals surface area contributed by atoms with Gasteiger partial charge in [0, 0.05) is 43.6 Å². The van der Waals surface area contributed by atoms with E-state index < -0.39 is 0 Å². The maximum atomic E-state index is 5.62. The number of thioether (sulfide) groups is 1. The minimum absolute atomic E-state index is 0. The van der Waals surface area contributed by atoms with Crippen LogP contribution in [0.25, 0.3) is 0 Å². The van der Waals surface area contributed by atoms with Crippen molar-refractivity contribution < 1.29 is 4.74 Å². The molecule has 0 radical (unpaired) electrons. The van der Waals surface area contributed by atoms with Crippen molar-refractivity contribution in [3.8, 4) is 0 Å². The second kappa shape index (κ2) is 10.4. The molecule has 2 fully saturated rings. The van der Waals surface area contributed by atoms with E-state index >= 15 is 0 Å². The van der Waals surface area contributed by atoms with Gasteiger partial charge in [0.15, 0.2) is 5.96 Å². The normalized spacial score (nSPS) is 22.1. The molecule has 0 unspecified atom stereocenters. The van der Waals surface area contributed by atoms with Crippen LogP contribution >= 0.6 is 35.7 Å². The standard InChI is InChI=1S/C17H34N4OS.HI/c1-16(2,23-4)13-19-15(18-3)20-14-17(7-11-22-12-8-17)21-9-5-6-10-21;/h5-14H2,1-4H3,(H2,18,19,20);1H. The molecule has 2 aliphatic heterocycles. The molecular weight excluding hydrogens is 435 g/mol. The maximum absolute atomic E-state index is 5.62. The summed E-state index contributed by atoms with van der Waals surface area (Å²) in [6.45, 7) is 10.6. The molecule has 0 aliphatic carbocycles. The Balaban J connectivity index is 0.00000288. The Kier molecular flexibility index (Phi) is 9.69. The van der Waals surface area contributed by atoms with Crippen LogP contribution in [-0.2, 0) is 4.74 Å². The Bertz CT molecular complexity index is 394. The van der Waals surface area contributed by atoms with Crippen LogP contribution in [0.3, 0.4) is 0 Å². The molecule has 0 aromatic heterocycles. The molecule has 2 aliphatic rings. The maximum Gasteiger partial charge on any atom is 0.191 e. The number of nitrogens with zero attached hydrogens (tertiary/aromatic N) is 2. The molecule has 7 heteroatoms. The van der Waals surface area contributed by atoms with Crippen molar-refractivity contribution in [3.05, 3.63) is 0 Å². The lowest BCUT2D eigenvalue weighted by Gasteiger charge is -2.45. The summed E-state index contributed by atoms with van der Waals surface area (Å²) in [4.78, 5) is 7.09. The third-order valence-corrected chi connectivity index (χ3v) is 6.49. The highest BCUT2D eigenvalue weighted by Crippen LogP contribution is 2.30. The van der Waals surface area contributed by atoms with Crippen molar-refractivity contribution in [1.82, 2.24) is 15.5 Å². The molecule has 0 bridgehead atoms. The van der Waals surface area contributed by atoms with E-state index in [2.05, 4.69) is 40.6 Å². The number of hydrogen-bond acceptors (Lipinski definition) is 4. The molecule has 24 heavy (non-hydrogen) atoms. The van der Waals surface area contributed by atoms with E-state index in [1.54, 1.807) is 0 Å². The predicted octanol–water partition coefficient (Wildman–Crippen LogP) is 2.56. The Morgan fingerprint density at radius 1 is 1.21 bits per heavy atom. The minimum Gasteiger partial charge on any atom is -0.381 e. The highest BCUT2D eigenvalue weighted by atomic mass is 127. The summed E-state index contributed by atoms with van der Waals surface area (Å²) in [5, 5.41) is 7.06. The van der Waals surface area contributed by atoms with Crippen LogP contribution in [0, 0.1) is 0 Å². The fraction of sp³-hybridized carbons (Fsp3) is 0.941. The van der Waals surface area contributed by atoms with Crippen molar-refractivity contribution in [2.75, 3.05) is 52.7 Å². The lowest BCUT2D eigenvalue weighted by Crippen LogP contribution is -2.59. The van der Waals surface area contributed by atoms with E-state index in [1.807, 2.05) is 18.8 Å². The molecule has 0 spiro atoms. The van der Waals surface area contributed by atoms with Gasteiger partial charge in [-0.1, -0.05) is 0 Å². The number of nitrogens with one attached hydrogen (secondary N) is 2. The Morgan fingerprint density at radius 3 is 2.38 bits per heavy atom. The molecule has 142 valence electrons. The van der Waals surface area contributed by atoms with Crippen molar-refractivity contribution >= 4 is 41.7 Å². The highest BCUT2D eigenvalue weighted by molar-refractivity contribution is 14.0. The first kappa shape index (κ1) is 22.3. The summed E-state index contributed by atoms with van der Waals surface area (Å²) in [7, 11) is 1.86. The largest absolute Gasteiger partial charge is 0.381 e. The smallest absolute Gasteiger partial charge is 0.191 e. The number of halogens is 1. The summed E-state index contributed by atoms with van der Waals surface area (Å²) in [5.41, 5.74) is 0.237. The van der Waals surface area contributed by atoms with Crippen LogP contribution in [0.2, 0.25) is 0 Å². The molecule has 2 N–H and O–H groups in total. The lowest BCUT2D eigenvalue weighted by molar-refractivity contribution is -0.0164. The number of likely N-dealkylation sites (tertiary alicyclic amines) is 1. The first-order chi connectivity index (χ1) is 11.0. The summed E-state index contributed by atoms with van der Waals surface area (Å²) in [6, 6.07) is 0. The SMILES string of the molecule is CN=C(NCC(C)(C)SC)NCC1(N2CCCC2)CCOCC1.I. The van der Waals surface area contributed by atoms with E-state index in [1.165, 1.54) is 25.9 Å². The molecule has 0 aromatic carbocycles. The van der Waals surface area contributed by atoms with Gasteiger partial charge in [-0.2, -0.15) is 11.8 Å². The number of rotatable bonds is 6. The van der Waals surface area contributed by atoms with E-state index in [0.29, 0.717) is 0 Å². The molecule has 2 heterocycles. The fourth-order valence-corrected chi connectivity index (χ4v) is 3.60. The first-order valence-corrected chi connectivity index (χ1v) is 10.1. The quantitative estimate of drug-likeness (QED) is 0.355. The molecule has 2 rings (SSSR count). The fourth-order valence-electron chi connectivity index (χ4n) is 3.39. The third-order valence-electron chi connectivity index (χ3n) is 5.24. The summed E-state index contributed by atoms with van der Waals surface area (Å²) < 4.78 is 5.83. The van der Waals surface area contributed by atoms with Crippen LogP contribution in [-0.4, -0.2) is 73.8 Å². The summed E-state index contributed by atoms with van der Waals surface area (Å²) in [6.07, 6.45) is 7.05. The van der Waals surface area contributed by atoms with Gasteiger partial charge >= 0.3 is 0 Å². The lowest BCUT2D eigenvalue weighted by atomic mass is 9.88. The predicted molar refractivity (Wildman–Crippen MR) is 116 cm³/mol. The van der Waals surface area contributed by atoms with Gasteiger partial charge in [0.05, 0.1) is 0 Å². The number of guanidine groups is 1. The van der Waals surface area contributed by atoms with Crippen molar-refractivity contribution in [1.29, 1.82) is 0 Å². The van der Waals surface area contributed by atoms with Gasteiger partial charge < -0.3 is 15.4 Å². The zero-order chi connectivity index (χ0) is 16.8. The summed E-state index contributed by atoms with van der Waals surface area (Å²) >= 11 is 1.88. The monoisotopic (exact) mass is 470 g/mol. The van der Waals surface area contributed by atoms with Crippen molar-refractivity contribution in [2.24, 2.45) is 4.99 Å². The van der Waals surface area contributed by atoms with Crippen molar-refractivity contribution in [3.63, 3.8) is 0 Å². The van der Waals surface area contributed by atoms with Gasteiger partial charge in [0.25, 0.3) is 0 Å². The average Bonchev–Trinajstić information content (AvgIpc) is 3.11.